The summed E-state index contributed by atoms with van der Waals surface area (Å²) in [6, 6.07) is 5.19. The van der Waals surface area contributed by atoms with E-state index in [1.54, 1.807) is 0 Å². The molecule has 2 nitrogen and oxygen atoms in total. The SMILES string of the molecule is CC1CCN(Cc2ccc(C#CCCO)cc2F)CC1C. The van der Waals surface area contributed by atoms with Gasteiger partial charge >= 0.3 is 0 Å². The molecule has 0 spiro atoms. The lowest BCUT2D eigenvalue weighted by Gasteiger charge is -2.35. The summed E-state index contributed by atoms with van der Waals surface area (Å²) in [7, 11) is 0. The van der Waals surface area contributed by atoms with E-state index in [1.807, 2.05) is 12.1 Å². The Bertz CT molecular complexity index is 532. The first-order valence-corrected chi connectivity index (χ1v) is 7.70. The minimum Gasteiger partial charge on any atom is -0.395 e. The number of benzene rings is 1. The average Bonchev–Trinajstić information content (AvgIpc) is 2.46. The third-order valence-electron chi connectivity index (χ3n) is 4.33. The van der Waals surface area contributed by atoms with Gasteiger partial charge in [-0.3, -0.25) is 4.90 Å². The van der Waals surface area contributed by atoms with Crippen molar-refractivity contribution in [2.24, 2.45) is 11.8 Å². The van der Waals surface area contributed by atoms with E-state index < -0.39 is 0 Å². The highest BCUT2D eigenvalue weighted by Gasteiger charge is 2.23. The molecule has 0 bridgehead atoms. The molecule has 1 aliphatic rings. The second-order valence-electron chi connectivity index (χ2n) is 6.06. The van der Waals surface area contributed by atoms with Crippen molar-refractivity contribution in [2.75, 3.05) is 19.7 Å². The van der Waals surface area contributed by atoms with Gasteiger partial charge in [0.15, 0.2) is 0 Å². The Hall–Kier alpha value is -1.37. The maximum atomic E-state index is 14.1. The Balaban J connectivity index is 2.00. The van der Waals surface area contributed by atoms with E-state index in [-0.39, 0.29) is 12.4 Å². The maximum absolute atomic E-state index is 14.1. The molecule has 0 saturated carbocycles. The van der Waals surface area contributed by atoms with Gasteiger partial charge in [0.2, 0.25) is 0 Å². The highest BCUT2D eigenvalue weighted by Crippen LogP contribution is 2.24. The summed E-state index contributed by atoms with van der Waals surface area (Å²) in [4.78, 5) is 2.33. The van der Waals surface area contributed by atoms with Gasteiger partial charge in [-0.1, -0.05) is 31.8 Å². The molecule has 2 unspecified atom stereocenters. The number of hydrogen-bond acceptors (Lipinski definition) is 2. The van der Waals surface area contributed by atoms with Crippen LogP contribution in [0.1, 0.15) is 37.8 Å². The van der Waals surface area contributed by atoms with Gasteiger partial charge in [0.1, 0.15) is 5.82 Å². The van der Waals surface area contributed by atoms with Gasteiger partial charge in [0.25, 0.3) is 0 Å². The minimum absolute atomic E-state index is 0.0408. The van der Waals surface area contributed by atoms with Gasteiger partial charge < -0.3 is 5.11 Å². The summed E-state index contributed by atoms with van der Waals surface area (Å²) in [5.74, 6) is 6.93. The fourth-order valence-corrected chi connectivity index (χ4v) is 2.71. The molecule has 2 atom stereocenters. The van der Waals surface area contributed by atoms with Crippen LogP contribution in [0.3, 0.4) is 0 Å². The standard InChI is InChI=1S/C18H24FNO/c1-14-8-9-20(12-15(14)2)13-17-7-6-16(11-18(17)19)5-3-4-10-21/h6-7,11,14-15,21H,4,8-10,12-13H2,1-2H3. The van der Waals surface area contributed by atoms with E-state index in [2.05, 4.69) is 30.6 Å². The zero-order chi connectivity index (χ0) is 15.2. The molecule has 1 N–H and O–H groups in total. The fourth-order valence-electron chi connectivity index (χ4n) is 2.71. The van der Waals surface area contributed by atoms with Gasteiger partial charge in [0, 0.05) is 30.6 Å². The van der Waals surface area contributed by atoms with Crippen LogP contribution in [0.15, 0.2) is 18.2 Å². The molecule has 114 valence electrons. The Kier molecular flexibility index (Phi) is 5.78. The lowest BCUT2D eigenvalue weighted by molar-refractivity contribution is 0.131. The molecule has 1 aromatic rings. The molecule has 1 heterocycles. The molecule has 1 saturated heterocycles. The summed E-state index contributed by atoms with van der Waals surface area (Å²) in [6.07, 6.45) is 1.61. The van der Waals surface area contributed by atoms with Crippen molar-refractivity contribution in [1.29, 1.82) is 0 Å². The summed E-state index contributed by atoms with van der Waals surface area (Å²) in [5.41, 5.74) is 1.41. The van der Waals surface area contributed by atoms with E-state index in [0.717, 1.165) is 24.6 Å². The smallest absolute Gasteiger partial charge is 0.128 e. The normalized spacial score (nSPS) is 22.7. The lowest BCUT2D eigenvalue weighted by Crippen LogP contribution is -2.38. The number of nitrogens with zero attached hydrogens (tertiary/aromatic N) is 1. The number of rotatable bonds is 3. The molecule has 2 rings (SSSR count). The van der Waals surface area contributed by atoms with Gasteiger partial charge in [-0.05, 0) is 36.9 Å². The van der Waals surface area contributed by atoms with Crippen molar-refractivity contribution < 1.29 is 9.50 Å². The number of piperidine rings is 1. The van der Waals surface area contributed by atoms with Crippen LogP contribution in [0.5, 0.6) is 0 Å². The van der Waals surface area contributed by atoms with Crippen molar-refractivity contribution in [2.45, 2.75) is 33.2 Å². The molecule has 0 aromatic heterocycles. The number of hydrogen-bond donors (Lipinski definition) is 1. The molecule has 1 fully saturated rings. The highest BCUT2D eigenvalue weighted by atomic mass is 19.1. The van der Waals surface area contributed by atoms with Crippen LogP contribution in [-0.2, 0) is 6.54 Å². The Morgan fingerprint density at radius 3 is 2.81 bits per heavy atom. The maximum Gasteiger partial charge on any atom is 0.128 e. The summed E-state index contributed by atoms with van der Waals surface area (Å²) in [5, 5.41) is 8.68. The van der Waals surface area contributed by atoms with Gasteiger partial charge in [0.05, 0.1) is 6.61 Å². The van der Waals surface area contributed by atoms with Gasteiger partial charge in [-0.2, -0.15) is 0 Å². The van der Waals surface area contributed by atoms with Crippen LogP contribution in [0.25, 0.3) is 0 Å². The second kappa shape index (κ2) is 7.59. The van der Waals surface area contributed by atoms with Crippen molar-refractivity contribution in [3.63, 3.8) is 0 Å². The second-order valence-corrected chi connectivity index (χ2v) is 6.06. The number of likely N-dealkylation sites (tertiary alicyclic amines) is 1. The van der Waals surface area contributed by atoms with Crippen LogP contribution in [0, 0.1) is 29.5 Å². The first-order chi connectivity index (χ1) is 10.1. The monoisotopic (exact) mass is 289 g/mol. The Morgan fingerprint density at radius 1 is 1.33 bits per heavy atom. The van der Waals surface area contributed by atoms with Crippen molar-refractivity contribution >= 4 is 0 Å². The third kappa shape index (κ3) is 4.56. The molecule has 1 aromatic carbocycles. The molecular formula is C18H24FNO. The fraction of sp³-hybridized carbons (Fsp3) is 0.556. The van der Waals surface area contributed by atoms with Crippen LogP contribution in [0.2, 0.25) is 0 Å². The summed E-state index contributed by atoms with van der Waals surface area (Å²) in [6.45, 7) is 7.36. The van der Waals surface area contributed by atoms with Gasteiger partial charge in [-0.15, -0.1) is 0 Å². The van der Waals surface area contributed by atoms with Crippen LogP contribution < -0.4 is 0 Å². The minimum atomic E-state index is -0.183. The quantitative estimate of drug-likeness (QED) is 0.865. The molecule has 1 aliphatic heterocycles. The molecule has 0 radical (unpaired) electrons. The number of aliphatic hydroxyl groups excluding tert-OH is 1. The van der Waals surface area contributed by atoms with Crippen LogP contribution >= 0.6 is 0 Å². The predicted octanol–water partition coefficient (Wildman–Crippen LogP) is 3.04. The largest absolute Gasteiger partial charge is 0.395 e. The van der Waals surface area contributed by atoms with E-state index >= 15 is 0 Å². The first-order valence-electron chi connectivity index (χ1n) is 7.70. The first kappa shape index (κ1) is 16.0. The Morgan fingerprint density at radius 2 is 2.14 bits per heavy atom. The average molecular weight is 289 g/mol. The van der Waals surface area contributed by atoms with E-state index in [1.165, 1.54) is 12.5 Å². The van der Waals surface area contributed by atoms with E-state index in [0.29, 0.717) is 24.4 Å². The predicted molar refractivity (Wildman–Crippen MR) is 83.2 cm³/mol. The highest BCUT2D eigenvalue weighted by molar-refractivity contribution is 5.37. The van der Waals surface area contributed by atoms with E-state index in [9.17, 15) is 4.39 Å². The van der Waals surface area contributed by atoms with Crippen LogP contribution in [0.4, 0.5) is 4.39 Å². The summed E-state index contributed by atoms with van der Waals surface area (Å²) < 4.78 is 14.1. The van der Waals surface area contributed by atoms with Crippen molar-refractivity contribution in [3.05, 3.63) is 35.1 Å². The number of aliphatic hydroxyl groups is 1. The van der Waals surface area contributed by atoms with Crippen molar-refractivity contribution in [1.82, 2.24) is 4.90 Å². The number of halogens is 1. The molecule has 0 amide bonds. The molecule has 21 heavy (non-hydrogen) atoms. The van der Waals surface area contributed by atoms with Crippen LogP contribution in [-0.4, -0.2) is 29.7 Å². The van der Waals surface area contributed by atoms with Crippen molar-refractivity contribution in [3.8, 4) is 11.8 Å². The van der Waals surface area contributed by atoms with E-state index in [4.69, 9.17) is 5.11 Å². The molecular weight excluding hydrogens is 265 g/mol. The zero-order valence-electron chi connectivity index (χ0n) is 12.9. The lowest BCUT2D eigenvalue weighted by atomic mass is 9.88. The third-order valence-corrected chi connectivity index (χ3v) is 4.33. The topological polar surface area (TPSA) is 23.5 Å². The molecule has 0 aliphatic carbocycles. The van der Waals surface area contributed by atoms with Gasteiger partial charge in [-0.25, -0.2) is 4.39 Å². The Labute approximate surface area is 127 Å². The zero-order valence-corrected chi connectivity index (χ0v) is 12.9. The molecule has 3 heteroatoms. The summed E-state index contributed by atoms with van der Waals surface area (Å²) >= 11 is 0.